The van der Waals surface area contributed by atoms with E-state index in [1.165, 1.54) is 17.7 Å². The summed E-state index contributed by atoms with van der Waals surface area (Å²) in [7, 11) is 4.12. The number of rotatable bonds is 6. The van der Waals surface area contributed by atoms with Crippen LogP contribution in [0.15, 0.2) is 40.8 Å². The predicted octanol–water partition coefficient (Wildman–Crippen LogP) is 3.76. The molecule has 1 aliphatic carbocycles. The maximum Gasteiger partial charge on any atom is 0.117 e. The van der Waals surface area contributed by atoms with Gasteiger partial charge < -0.3 is 14.6 Å². The Morgan fingerprint density at radius 3 is 2.43 bits per heavy atom. The molecule has 21 heavy (non-hydrogen) atoms. The van der Waals surface area contributed by atoms with Gasteiger partial charge in [0.05, 0.1) is 6.54 Å². The van der Waals surface area contributed by atoms with Crippen LogP contribution < -0.4 is 10.2 Å². The molecule has 3 rings (SSSR count). The molecular weight excluding hydrogens is 260 g/mol. The monoisotopic (exact) mass is 284 g/mol. The molecule has 1 aromatic heterocycles. The van der Waals surface area contributed by atoms with E-state index in [0.29, 0.717) is 5.92 Å². The highest BCUT2D eigenvalue weighted by atomic mass is 16.3. The molecule has 0 saturated heterocycles. The zero-order valence-corrected chi connectivity index (χ0v) is 13.1. The van der Waals surface area contributed by atoms with Gasteiger partial charge in [-0.3, -0.25) is 0 Å². The van der Waals surface area contributed by atoms with Crippen LogP contribution in [0.4, 0.5) is 5.69 Å². The highest BCUT2D eigenvalue weighted by Crippen LogP contribution is 2.47. The molecule has 2 unspecified atom stereocenters. The molecule has 0 amide bonds. The Morgan fingerprint density at radius 1 is 1.10 bits per heavy atom. The van der Waals surface area contributed by atoms with Gasteiger partial charge in [0.2, 0.25) is 0 Å². The van der Waals surface area contributed by atoms with E-state index >= 15 is 0 Å². The lowest BCUT2D eigenvalue weighted by atomic mass is 10.2. The smallest absolute Gasteiger partial charge is 0.117 e. The van der Waals surface area contributed by atoms with Gasteiger partial charge in [0.1, 0.15) is 11.5 Å². The van der Waals surface area contributed by atoms with Crippen molar-refractivity contribution in [2.45, 2.75) is 32.4 Å². The third-order valence-electron chi connectivity index (χ3n) is 4.24. The number of anilines is 1. The fraction of sp³-hybridized carbons (Fsp3) is 0.444. The van der Waals surface area contributed by atoms with Crippen LogP contribution in [0.1, 0.15) is 36.3 Å². The van der Waals surface area contributed by atoms with Gasteiger partial charge in [-0.05, 0) is 42.2 Å². The molecule has 0 bridgehead atoms. The van der Waals surface area contributed by atoms with Crippen LogP contribution in [0.2, 0.25) is 0 Å². The first kappa shape index (κ1) is 14.2. The number of benzene rings is 1. The van der Waals surface area contributed by atoms with E-state index in [0.717, 1.165) is 30.5 Å². The highest BCUT2D eigenvalue weighted by molar-refractivity contribution is 5.45. The van der Waals surface area contributed by atoms with Gasteiger partial charge in [-0.1, -0.05) is 19.1 Å². The Bertz CT molecular complexity index is 586. The largest absolute Gasteiger partial charge is 0.464 e. The summed E-state index contributed by atoms with van der Waals surface area (Å²) in [6, 6.07) is 12.9. The molecule has 1 aromatic carbocycles. The Balaban J connectivity index is 1.48. The van der Waals surface area contributed by atoms with Crippen LogP contribution in [0.5, 0.6) is 0 Å². The summed E-state index contributed by atoms with van der Waals surface area (Å²) in [6.07, 6.45) is 1.28. The topological polar surface area (TPSA) is 28.4 Å². The number of furan rings is 1. The molecule has 2 atom stereocenters. The van der Waals surface area contributed by atoms with Gasteiger partial charge >= 0.3 is 0 Å². The molecule has 3 nitrogen and oxygen atoms in total. The second-order valence-corrected chi connectivity index (χ2v) is 6.29. The lowest BCUT2D eigenvalue weighted by Gasteiger charge is -2.12. The van der Waals surface area contributed by atoms with Gasteiger partial charge in [-0.2, -0.15) is 0 Å². The number of nitrogens with zero attached hydrogens (tertiary/aromatic N) is 1. The van der Waals surface area contributed by atoms with Crippen molar-refractivity contribution in [3.63, 3.8) is 0 Å². The Labute approximate surface area is 127 Å². The van der Waals surface area contributed by atoms with Gasteiger partial charge in [-0.15, -0.1) is 0 Å². The van der Waals surface area contributed by atoms with Crippen LogP contribution >= 0.6 is 0 Å². The summed E-state index contributed by atoms with van der Waals surface area (Å²) in [5, 5.41) is 3.44. The predicted molar refractivity (Wildman–Crippen MR) is 86.5 cm³/mol. The second kappa shape index (κ2) is 5.94. The van der Waals surface area contributed by atoms with Gasteiger partial charge in [-0.25, -0.2) is 0 Å². The van der Waals surface area contributed by atoms with Crippen molar-refractivity contribution in [2.24, 2.45) is 5.92 Å². The van der Waals surface area contributed by atoms with Crippen molar-refractivity contribution in [3.8, 4) is 0 Å². The first-order chi connectivity index (χ1) is 10.1. The maximum atomic E-state index is 5.90. The molecule has 2 aromatic rings. The third-order valence-corrected chi connectivity index (χ3v) is 4.24. The zero-order chi connectivity index (χ0) is 14.8. The summed E-state index contributed by atoms with van der Waals surface area (Å²) in [5.74, 6) is 3.66. The van der Waals surface area contributed by atoms with Crippen LogP contribution in [-0.4, -0.2) is 14.1 Å². The lowest BCUT2D eigenvalue weighted by molar-refractivity contribution is 0.444. The quantitative estimate of drug-likeness (QED) is 0.875. The maximum absolute atomic E-state index is 5.90. The number of nitrogens with one attached hydrogen (secondary N) is 1. The lowest BCUT2D eigenvalue weighted by Crippen LogP contribution is -2.12. The van der Waals surface area contributed by atoms with Crippen molar-refractivity contribution in [1.82, 2.24) is 5.32 Å². The van der Waals surface area contributed by atoms with Crippen molar-refractivity contribution >= 4 is 5.69 Å². The minimum atomic E-state index is 0.664. The summed E-state index contributed by atoms with van der Waals surface area (Å²) in [6.45, 7) is 3.93. The van der Waals surface area contributed by atoms with Gasteiger partial charge in [0.25, 0.3) is 0 Å². The van der Waals surface area contributed by atoms with Crippen molar-refractivity contribution in [1.29, 1.82) is 0 Å². The van der Waals surface area contributed by atoms with Crippen LogP contribution in [-0.2, 0) is 13.1 Å². The van der Waals surface area contributed by atoms with E-state index < -0.39 is 0 Å². The molecule has 0 radical (unpaired) electrons. The molecule has 1 N–H and O–H groups in total. The molecule has 1 heterocycles. The normalized spacial score (nSPS) is 20.5. The standard InChI is InChI=1S/C18H24N2O/c1-13-10-17(13)18-9-8-16(21-18)12-19-11-14-4-6-15(7-5-14)20(2)3/h4-9,13,17,19H,10-12H2,1-3H3. The zero-order valence-electron chi connectivity index (χ0n) is 13.1. The molecular formula is C18H24N2O. The number of hydrogen-bond donors (Lipinski definition) is 1. The van der Waals surface area contributed by atoms with E-state index in [1.54, 1.807) is 0 Å². The molecule has 0 aliphatic heterocycles. The second-order valence-electron chi connectivity index (χ2n) is 6.29. The first-order valence-electron chi connectivity index (χ1n) is 7.69. The van der Waals surface area contributed by atoms with Crippen molar-refractivity contribution in [2.75, 3.05) is 19.0 Å². The van der Waals surface area contributed by atoms with Crippen LogP contribution in [0.3, 0.4) is 0 Å². The fourth-order valence-corrected chi connectivity index (χ4v) is 2.65. The average Bonchev–Trinajstić information content (AvgIpc) is 3.01. The summed E-state index contributed by atoms with van der Waals surface area (Å²) in [5.41, 5.74) is 2.52. The molecule has 1 fully saturated rings. The number of hydrogen-bond acceptors (Lipinski definition) is 3. The molecule has 1 aliphatic rings. The average molecular weight is 284 g/mol. The highest BCUT2D eigenvalue weighted by Gasteiger charge is 2.36. The minimum absolute atomic E-state index is 0.664. The minimum Gasteiger partial charge on any atom is -0.464 e. The molecule has 112 valence electrons. The van der Waals surface area contributed by atoms with Crippen molar-refractivity contribution < 1.29 is 4.42 Å². The Kier molecular flexibility index (Phi) is 4.02. The molecule has 1 saturated carbocycles. The summed E-state index contributed by atoms with van der Waals surface area (Å²) >= 11 is 0. The summed E-state index contributed by atoms with van der Waals surface area (Å²) < 4.78 is 5.90. The Hall–Kier alpha value is -1.74. The van der Waals surface area contributed by atoms with E-state index in [1.807, 2.05) is 0 Å². The third kappa shape index (κ3) is 3.48. The first-order valence-corrected chi connectivity index (χ1v) is 7.69. The van der Waals surface area contributed by atoms with Crippen LogP contribution in [0.25, 0.3) is 0 Å². The Morgan fingerprint density at radius 2 is 1.81 bits per heavy atom. The fourth-order valence-electron chi connectivity index (χ4n) is 2.65. The molecule has 0 spiro atoms. The van der Waals surface area contributed by atoms with Gasteiger partial charge in [0, 0.05) is 32.2 Å². The van der Waals surface area contributed by atoms with Gasteiger partial charge in [0.15, 0.2) is 0 Å². The van der Waals surface area contributed by atoms with Crippen molar-refractivity contribution in [3.05, 3.63) is 53.5 Å². The van der Waals surface area contributed by atoms with Crippen LogP contribution in [0, 0.1) is 5.92 Å². The van der Waals surface area contributed by atoms with E-state index in [4.69, 9.17) is 4.42 Å². The SMILES string of the molecule is CC1CC1c1ccc(CNCc2ccc(N(C)C)cc2)o1. The van der Waals surface area contributed by atoms with E-state index in [2.05, 4.69) is 67.6 Å². The van der Waals surface area contributed by atoms with E-state index in [9.17, 15) is 0 Å². The van der Waals surface area contributed by atoms with E-state index in [-0.39, 0.29) is 0 Å². The molecule has 3 heteroatoms. The summed E-state index contributed by atoms with van der Waals surface area (Å²) in [4.78, 5) is 2.11.